The van der Waals surface area contributed by atoms with Gasteiger partial charge in [-0.25, -0.2) is 0 Å². The zero-order valence-electron chi connectivity index (χ0n) is 15.9. The maximum absolute atomic E-state index is 12.1. The molecule has 5 heteroatoms. The van der Waals surface area contributed by atoms with Crippen molar-refractivity contribution in [1.82, 2.24) is 5.32 Å². The van der Waals surface area contributed by atoms with E-state index in [4.69, 9.17) is 4.74 Å². The van der Waals surface area contributed by atoms with Gasteiger partial charge < -0.3 is 15.4 Å². The number of carbonyl (C=O) groups is 2. The van der Waals surface area contributed by atoms with Crippen LogP contribution in [0.25, 0.3) is 0 Å². The lowest BCUT2D eigenvalue weighted by atomic mass is 10.1. The molecule has 28 heavy (non-hydrogen) atoms. The summed E-state index contributed by atoms with van der Waals surface area (Å²) in [6.07, 6.45) is 0. The van der Waals surface area contributed by atoms with Crippen LogP contribution in [0.3, 0.4) is 0 Å². The van der Waals surface area contributed by atoms with E-state index in [1.807, 2.05) is 50.2 Å². The monoisotopic (exact) mass is 374 g/mol. The fourth-order valence-electron chi connectivity index (χ4n) is 2.68. The second-order valence-electron chi connectivity index (χ2n) is 6.54. The van der Waals surface area contributed by atoms with Crippen LogP contribution < -0.4 is 15.4 Å². The number of hydrogen-bond acceptors (Lipinski definition) is 3. The lowest BCUT2D eigenvalue weighted by Gasteiger charge is -2.09. The van der Waals surface area contributed by atoms with E-state index in [0.717, 1.165) is 16.9 Å². The fraction of sp³-hybridized carbons (Fsp3) is 0.130. The van der Waals surface area contributed by atoms with Crippen molar-refractivity contribution in [3.63, 3.8) is 0 Å². The van der Waals surface area contributed by atoms with Gasteiger partial charge in [0.1, 0.15) is 11.5 Å². The van der Waals surface area contributed by atoms with Crippen molar-refractivity contribution in [3.8, 4) is 11.5 Å². The van der Waals surface area contributed by atoms with E-state index in [-0.39, 0.29) is 18.4 Å². The van der Waals surface area contributed by atoms with Crippen molar-refractivity contribution in [2.75, 3.05) is 11.9 Å². The van der Waals surface area contributed by atoms with Crippen molar-refractivity contribution in [3.05, 3.63) is 89.5 Å². The van der Waals surface area contributed by atoms with Crippen molar-refractivity contribution < 1.29 is 14.3 Å². The molecule has 0 aliphatic heterocycles. The molecule has 0 spiro atoms. The molecule has 0 heterocycles. The molecular weight excluding hydrogens is 352 g/mol. The molecule has 2 N–H and O–H groups in total. The Morgan fingerprint density at radius 1 is 0.821 bits per heavy atom. The summed E-state index contributed by atoms with van der Waals surface area (Å²) in [5, 5.41) is 5.37. The quantitative estimate of drug-likeness (QED) is 0.669. The van der Waals surface area contributed by atoms with Gasteiger partial charge in [-0.15, -0.1) is 0 Å². The number of anilines is 1. The number of rotatable bonds is 6. The molecule has 5 nitrogen and oxygen atoms in total. The van der Waals surface area contributed by atoms with Crippen molar-refractivity contribution >= 4 is 17.5 Å². The molecule has 0 aliphatic rings. The summed E-state index contributed by atoms with van der Waals surface area (Å²) in [4.78, 5) is 24.2. The third kappa shape index (κ3) is 5.45. The van der Waals surface area contributed by atoms with Gasteiger partial charge in [-0.1, -0.05) is 29.8 Å². The predicted octanol–water partition coefficient (Wildman–Crippen LogP) is 4.46. The molecular formula is C23H22N2O3. The molecule has 0 saturated carbocycles. The Morgan fingerprint density at radius 3 is 2.18 bits per heavy atom. The summed E-state index contributed by atoms with van der Waals surface area (Å²) in [5.74, 6) is 0.862. The molecule has 0 saturated heterocycles. The standard InChI is InChI=1S/C23H22N2O3/c1-16-5-3-7-18(13-16)23(27)24-15-22(26)25-19-9-11-20(12-10-19)28-21-8-4-6-17(2)14-21/h3-14H,15H2,1-2H3,(H,24,27)(H,25,26). The number of benzene rings is 3. The molecule has 3 rings (SSSR count). The predicted molar refractivity (Wildman–Crippen MR) is 110 cm³/mol. The van der Waals surface area contributed by atoms with Crippen LogP contribution in [0.1, 0.15) is 21.5 Å². The maximum Gasteiger partial charge on any atom is 0.251 e. The third-order valence-corrected chi connectivity index (χ3v) is 4.05. The summed E-state index contributed by atoms with van der Waals surface area (Å²) in [5.41, 5.74) is 3.27. The first-order valence-corrected chi connectivity index (χ1v) is 8.99. The first-order chi connectivity index (χ1) is 13.5. The Morgan fingerprint density at radius 2 is 1.50 bits per heavy atom. The highest BCUT2D eigenvalue weighted by molar-refractivity contribution is 5.99. The van der Waals surface area contributed by atoms with Crippen LogP contribution in [0.5, 0.6) is 11.5 Å². The van der Waals surface area contributed by atoms with E-state index in [1.54, 1.807) is 36.4 Å². The Kier molecular flexibility index (Phi) is 6.07. The van der Waals surface area contributed by atoms with Gasteiger partial charge in [0.2, 0.25) is 5.91 Å². The number of hydrogen-bond donors (Lipinski definition) is 2. The van der Waals surface area contributed by atoms with Gasteiger partial charge in [0.05, 0.1) is 6.54 Å². The largest absolute Gasteiger partial charge is 0.457 e. The van der Waals surface area contributed by atoms with Gasteiger partial charge in [0, 0.05) is 11.3 Å². The lowest BCUT2D eigenvalue weighted by Crippen LogP contribution is -2.32. The van der Waals surface area contributed by atoms with Gasteiger partial charge in [-0.2, -0.15) is 0 Å². The van der Waals surface area contributed by atoms with E-state index < -0.39 is 0 Å². The minimum absolute atomic E-state index is 0.103. The second-order valence-corrected chi connectivity index (χ2v) is 6.54. The summed E-state index contributed by atoms with van der Waals surface area (Å²) in [6.45, 7) is 3.81. The Bertz CT molecular complexity index is 981. The van der Waals surface area contributed by atoms with E-state index >= 15 is 0 Å². The lowest BCUT2D eigenvalue weighted by molar-refractivity contribution is -0.115. The zero-order valence-corrected chi connectivity index (χ0v) is 15.9. The van der Waals surface area contributed by atoms with Crippen LogP contribution in [0.15, 0.2) is 72.8 Å². The summed E-state index contributed by atoms with van der Waals surface area (Å²) in [6, 6.07) is 22.1. The van der Waals surface area contributed by atoms with Crippen molar-refractivity contribution in [2.45, 2.75) is 13.8 Å². The molecule has 0 unspecified atom stereocenters. The third-order valence-electron chi connectivity index (χ3n) is 4.05. The van der Waals surface area contributed by atoms with Crippen LogP contribution in [0.2, 0.25) is 0 Å². The maximum atomic E-state index is 12.1. The summed E-state index contributed by atoms with van der Waals surface area (Å²) >= 11 is 0. The molecule has 0 bridgehead atoms. The summed E-state index contributed by atoms with van der Waals surface area (Å²) in [7, 11) is 0. The van der Waals surface area contributed by atoms with Crippen LogP contribution in [-0.2, 0) is 4.79 Å². The molecule has 0 fully saturated rings. The first kappa shape index (κ1) is 19.2. The highest BCUT2D eigenvalue weighted by Gasteiger charge is 2.08. The minimum Gasteiger partial charge on any atom is -0.457 e. The molecule has 0 atom stereocenters. The smallest absolute Gasteiger partial charge is 0.251 e. The average molecular weight is 374 g/mol. The number of carbonyl (C=O) groups excluding carboxylic acids is 2. The summed E-state index contributed by atoms with van der Waals surface area (Å²) < 4.78 is 5.79. The Balaban J connectivity index is 1.51. The minimum atomic E-state index is -0.298. The van der Waals surface area contributed by atoms with Crippen LogP contribution in [0.4, 0.5) is 5.69 Å². The zero-order chi connectivity index (χ0) is 19.9. The van der Waals surface area contributed by atoms with Gasteiger partial charge in [0.25, 0.3) is 5.91 Å². The number of ether oxygens (including phenoxy) is 1. The second kappa shape index (κ2) is 8.86. The first-order valence-electron chi connectivity index (χ1n) is 8.99. The molecule has 3 aromatic rings. The van der Waals surface area contributed by atoms with Crippen molar-refractivity contribution in [1.29, 1.82) is 0 Å². The molecule has 0 aromatic heterocycles. The average Bonchev–Trinajstić information content (AvgIpc) is 2.68. The van der Waals surface area contributed by atoms with Gasteiger partial charge >= 0.3 is 0 Å². The highest BCUT2D eigenvalue weighted by atomic mass is 16.5. The molecule has 2 amide bonds. The van der Waals surface area contributed by atoms with E-state index in [2.05, 4.69) is 10.6 Å². The SMILES string of the molecule is Cc1cccc(Oc2ccc(NC(=O)CNC(=O)c3cccc(C)c3)cc2)c1. The fourth-order valence-corrected chi connectivity index (χ4v) is 2.68. The van der Waals surface area contributed by atoms with Crippen LogP contribution >= 0.6 is 0 Å². The Labute approximate surface area is 164 Å². The molecule has 3 aromatic carbocycles. The van der Waals surface area contributed by atoms with Gasteiger partial charge in [-0.3, -0.25) is 9.59 Å². The van der Waals surface area contributed by atoms with E-state index in [1.165, 1.54) is 0 Å². The van der Waals surface area contributed by atoms with Crippen LogP contribution in [0, 0.1) is 13.8 Å². The van der Waals surface area contributed by atoms with Gasteiger partial charge in [0.15, 0.2) is 0 Å². The molecule has 0 radical (unpaired) electrons. The van der Waals surface area contributed by atoms with E-state index in [0.29, 0.717) is 17.0 Å². The van der Waals surface area contributed by atoms with Gasteiger partial charge in [-0.05, 0) is 67.9 Å². The Hall–Kier alpha value is -3.60. The topological polar surface area (TPSA) is 67.4 Å². The number of amides is 2. The number of aryl methyl sites for hydroxylation is 2. The molecule has 0 aliphatic carbocycles. The molecule has 142 valence electrons. The van der Waals surface area contributed by atoms with E-state index in [9.17, 15) is 9.59 Å². The normalized spacial score (nSPS) is 10.2. The number of nitrogens with one attached hydrogen (secondary N) is 2. The van der Waals surface area contributed by atoms with Crippen LogP contribution in [-0.4, -0.2) is 18.4 Å². The van der Waals surface area contributed by atoms with Crippen molar-refractivity contribution in [2.24, 2.45) is 0 Å². The highest BCUT2D eigenvalue weighted by Crippen LogP contribution is 2.23.